The molecule has 0 bridgehead atoms. The third-order valence-electron chi connectivity index (χ3n) is 5.96. The Bertz CT molecular complexity index is 1380. The van der Waals surface area contributed by atoms with Gasteiger partial charge >= 0.3 is 0 Å². The Hall–Kier alpha value is -3.37. The van der Waals surface area contributed by atoms with E-state index in [1.165, 1.54) is 12.0 Å². The number of anilines is 1. The van der Waals surface area contributed by atoms with Gasteiger partial charge in [0, 0.05) is 29.5 Å². The molecule has 0 fully saturated rings. The minimum absolute atomic E-state index is 0.108. The smallest absolute Gasteiger partial charge is 0.244 e. The zero-order valence-electron chi connectivity index (χ0n) is 22.5. The number of hydrogen-bond acceptors (Lipinski definition) is 5. The largest absolute Gasteiger partial charge is 0.497 e. The maximum Gasteiger partial charge on any atom is 0.244 e. The van der Waals surface area contributed by atoms with E-state index in [2.05, 4.69) is 21.2 Å². The molecule has 0 saturated heterocycles. The molecule has 10 heteroatoms. The molecule has 0 radical (unpaired) electrons. The predicted molar refractivity (Wildman–Crippen MR) is 157 cm³/mol. The van der Waals surface area contributed by atoms with Gasteiger partial charge < -0.3 is 15.0 Å². The molecule has 1 unspecified atom stereocenters. The van der Waals surface area contributed by atoms with Crippen LogP contribution in [-0.2, 0) is 32.6 Å². The molecular formula is C29H34BrN3O5S. The van der Waals surface area contributed by atoms with Crippen molar-refractivity contribution >= 4 is 43.5 Å². The maximum atomic E-state index is 14.0. The van der Waals surface area contributed by atoms with Gasteiger partial charge in [-0.15, -0.1) is 0 Å². The van der Waals surface area contributed by atoms with E-state index in [9.17, 15) is 18.0 Å². The second-order valence-electron chi connectivity index (χ2n) is 9.49. The molecule has 3 aromatic rings. The van der Waals surface area contributed by atoms with Crippen LogP contribution in [0.1, 0.15) is 25.0 Å². The van der Waals surface area contributed by atoms with E-state index in [0.29, 0.717) is 11.4 Å². The lowest BCUT2D eigenvalue weighted by Gasteiger charge is -2.34. The second kappa shape index (κ2) is 13.6. The van der Waals surface area contributed by atoms with Crippen molar-refractivity contribution in [3.8, 4) is 5.75 Å². The summed E-state index contributed by atoms with van der Waals surface area (Å²) in [6.07, 6.45) is 1.31. The quantitative estimate of drug-likeness (QED) is 0.326. The lowest BCUT2D eigenvalue weighted by atomic mass is 10.0. The number of nitrogens with one attached hydrogen (secondary N) is 1. The minimum Gasteiger partial charge on any atom is -0.497 e. The fraction of sp³-hybridized carbons (Fsp3) is 0.310. The molecule has 0 aromatic heterocycles. The first-order chi connectivity index (χ1) is 18.5. The van der Waals surface area contributed by atoms with E-state index in [1.54, 1.807) is 24.3 Å². The Kier molecular flexibility index (Phi) is 10.5. The van der Waals surface area contributed by atoms with E-state index in [1.807, 2.05) is 68.4 Å². The van der Waals surface area contributed by atoms with Crippen molar-refractivity contribution in [2.24, 2.45) is 0 Å². The van der Waals surface area contributed by atoms with E-state index in [-0.39, 0.29) is 24.9 Å². The zero-order chi connectivity index (χ0) is 28.6. The van der Waals surface area contributed by atoms with Gasteiger partial charge in [0.05, 0.1) is 19.1 Å². The van der Waals surface area contributed by atoms with E-state index >= 15 is 0 Å². The average molecular weight is 617 g/mol. The van der Waals surface area contributed by atoms with Crippen LogP contribution in [0.3, 0.4) is 0 Å². The molecule has 0 aliphatic heterocycles. The van der Waals surface area contributed by atoms with Crippen LogP contribution in [-0.4, -0.2) is 57.1 Å². The van der Waals surface area contributed by atoms with Gasteiger partial charge in [-0.3, -0.25) is 13.9 Å². The van der Waals surface area contributed by atoms with Crippen molar-refractivity contribution in [2.75, 3.05) is 24.2 Å². The van der Waals surface area contributed by atoms with Crippen LogP contribution >= 0.6 is 15.9 Å². The SMILES string of the molecule is COc1cccc(N(CC(=O)N(Cc2cccc(Br)c2)C(Cc2ccccc2)C(=O)NC(C)C)S(C)(=O)=O)c1. The zero-order valence-corrected chi connectivity index (χ0v) is 24.9. The summed E-state index contributed by atoms with van der Waals surface area (Å²) >= 11 is 3.47. The van der Waals surface area contributed by atoms with Crippen LogP contribution in [0.2, 0.25) is 0 Å². The minimum atomic E-state index is -3.85. The number of benzene rings is 3. The fourth-order valence-corrected chi connectivity index (χ4v) is 5.43. The highest BCUT2D eigenvalue weighted by atomic mass is 79.9. The van der Waals surface area contributed by atoms with Gasteiger partial charge in [0.2, 0.25) is 21.8 Å². The molecule has 3 aromatic carbocycles. The lowest BCUT2D eigenvalue weighted by Crippen LogP contribution is -2.54. The molecule has 2 amide bonds. The highest BCUT2D eigenvalue weighted by molar-refractivity contribution is 9.10. The molecule has 208 valence electrons. The number of methoxy groups -OCH3 is 1. The summed E-state index contributed by atoms with van der Waals surface area (Å²) in [5, 5.41) is 2.94. The van der Waals surface area contributed by atoms with Crippen molar-refractivity contribution in [2.45, 2.75) is 38.9 Å². The molecule has 0 aliphatic rings. The number of hydrogen-bond donors (Lipinski definition) is 1. The highest BCUT2D eigenvalue weighted by Gasteiger charge is 2.33. The summed E-state index contributed by atoms with van der Waals surface area (Å²) in [7, 11) is -2.37. The Morgan fingerprint density at radius 2 is 1.62 bits per heavy atom. The maximum absolute atomic E-state index is 14.0. The third-order valence-corrected chi connectivity index (χ3v) is 7.60. The van der Waals surface area contributed by atoms with Crippen molar-refractivity contribution in [1.29, 1.82) is 0 Å². The van der Waals surface area contributed by atoms with Gasteiger partial charge in [-0.2, -0.15) is 0 Å². The van der Waals surface area contributed by atoms with Crippen LogP contribution in [0.4, 0.5) is 5.69 Å². The molecular weight excluding hydrogens is 582 g/mol. The van der Waals surface area contributed by atoms with Crippen molar-refractivity contribution in [3.63, 3.8) is 0 Å². The van der Waals surface area contributed by atoms with Crippen LogP contribution in [0.15, 0.2) is 83.3 Å². The summed E-state index contributed by atoms with van der Waals surface area (Å²) in [6, 6.07) is 22.4. The van der Waals surface area contributed by atoms with Crippen molar-refractivity contribution < 1.29 is 22.7 Å². The average Bonchev–Trinajstić information content (AvgIpc) is 2.88. The first-order valence-electron chi connectivity index (χ1n) is 12.5. The van der Waals surface area contributed by atoms with Gasteiger partial charge in [0.25, 0.3) is 0 Å². The molecule has 0 aliphatic carbocycles. The molecule has 3 rings (SSSR count). The topological polar surface area (TPSA) is 96.0 Å². The monoisotopic (exact) mass is 615 g/mol. The lowest BCUT2D eigenvalue weighted by molar-refractivity contribution is -0.140. The standard InChI is InChI=1S/C29H34BrN3O5S/c1-21(2)31-29(35)27(17-22-10-6-5-7-11-22)32(19-23-12-8-13-24(30)16-23)28(34)20-33(39(4,36)37)25-14-9-15-26(18-25)38-3/h5-16,18,21,27H,17,19-20H2,1-4H3,(H,31,35). The number of carbonyl (C=O) groups excluding carboxylic acids is 2. The molecule has 8 nitrogen and oxygen atoms in total. The van der Waals surface area contributed by atoms with Gasteiger partial charge in [-0.05, 0) is 49.2 Å². The Morgan fingerprint density at radius 1 is 0.949 bits per heavy atom. The summed E-state index contributed by atoms with van der Waals surface area (Å²) in [5.74, 6) is -0.370. The van der Waals surface area contributed by atoms with E-state index in [0.717, 1.165) is 26.2 Å². The third kappa shape index (κ3) is 8.83. The Labute approximate surface area is 239 Å². The van der Waals surface area contributed by atoms with Crippen molar-refractivity contribution in [3.05, 3.63) is 94.5 Å². The van der Waals surface area contributed by atoms with Gasteiger partial charge in [-0.1, -0.05) is 64.5 Å². The van der Waals surface area contributed by atoms with Gasteiger partial charge in [-0.25, -0.2) is 8.42 Å². The van der Waals surface area contributed by atoms with Crippen LogP contribution in [0.5, 0.6) is 5.75 Å². The van der Waals surface area contributed by atoms with E-state index < -0.39 is 28.5 Å². The highest BCUT2D eigenvalue weighted by Crippen LogP contribution is 2.24. The molecule has 1 atom stereocenters. The summed E-state index contributed by atoms with van der Waals surface area (Å²) in [5.41, 5.74) is 1.96. The Morgan fingerprint density at radius 3 is 2.23 bits per heavy atom. The van der Waals surface area contributed by atoms with Crippen LogP contribution in [0.25, 0.3) is 0 Å². The summed E-state index contributed by atoms with van der Waals surface area (Å²) in [6.45, 7) is 3.33. The van der Waals surface area contributed by atoms with Gasteiger partial charge in [0.15, 0.2) is 0 Å². The number of rotatable bonds is 12. The predicted octanol–water partition coefficient (Wildman–Crippen LogP) is 4.39. The molecule has 0 heterocycles. The van der Waals surface area contributed by atoms with Gasteiger partial charge in [0.1, 0.15) is 18.3 Å². The van der Waals surface area contributed by atoms with E-state index in [4.69, 9.17) is 4.74 Å². The van der Waals surface area contributed by atoms with Crippen LogP contribution < -0.4 is 14.4 Å². The number of carbonyl (C=O) groups is 2. The first-order valence-corrected chi connectivity index (χ1v) is 15.1. The molecule has 1 N–H and O–H groups in total. The number of ether oxygens (including phenoxy) is 1. The number of nitrogens with zero attached hydrogens (tertiary/aromatic N) is 2. The van der Waals surface area contributed by atoms with Crippen LogP contribution in [0, 0.1) is 0 Å². The molecule has 39 heavy (non-hydrogen) atoms. The second-order valence-corrected chi connectivity index (χ2v) is 12.3. The summed E-state index contributed by atoms with van der Waals surface area (Å²) < 4.78 is 32.8. The number of amides is 2. The van der Waals surface area contributed by atoms with Crippen molar-refractivity contribution in [1.82, 2.24) is 10.2 Å². The molecule has 0 spiro atoms. The normalized spacial score (nSPS) is 12.1. The summed E-state index contributed by atoms with van der Waals surface area (Å²) in [4.78, 5) is 29.0. The molecule has 0 saturated carbocycles. The Balaban J connectivity index is 2.06. The number of halogens is 1. The first kappa shape index (κ1) is 30.2. The fourth-order valence-electron chi connectivity index (χ4n) is 4.15. The number of sulfonamides is 1.